The molecule has 3 rings (SSSR count). The van der Waals surface area contributed by atoms with Crippen molar-refractivity contribution >= 4 is 46.5 Å². The van der Waals surface area contributed by atoms with Crippen LogP contribution < -0.4 is 5.73 Å². The Balaban J connectivity index is 1.49. The van der Waals surface area contributed by atoms with Crippen LogP contribution in [0.5, 0.6) is 0 Å². The smallest absolute Gasteiger partial charge is 0.228 e. The second-order valence-electron chi connectivity index (χ2n) is 6.26. The molecule has 1 aromatic carbocycles. The minimum Gasteiger partial charge on any atom is -0.369 e. The summed E-state index contributed by atoms with van der Waals surface area (Å²) in [5, 5.41) is 2.67. The van der Waals surface area contributed by atoms with Gasteiger partial charge in [-0.2, -0.15) is 0 Å². The number of piperidine rings is 1. The van der Waals surface area contributed by atoms with Gasteiger partial charge in [-0.3, -0.25) is 9.59 Å². The molecule has 8 heteroatoms. The maximum Gasteiger partial charge on any atom is 0.228 e. The maximum atomic E-state index is 12.4. The van der Waals surface area contributed by atoms with Gasteiger partial charge in [-0.05, 0) is 30.5 Å². The number of carbonyl (C=O) groups excluding carboxylic acids is 2. The van der Waals surface area contributed by atoms with Crippen molar-refractivity contribution in [2.24, 2.45) is 11.7 Å². The lowest BCUT2D eigenvalue weighted by atomic mass is 9.96. The summed E-state index contributed by atoms with van der Waals surface area (Å²) in [6, 6.07) is 7.77. The predicted molar refractivity (Wildman–Crippen MR) is 105 cm³/mol. The van der Waals surface area contributed by atoms with E-state index < -0.39 is 0 Å². The van der Waals surface area contributed by atoms with Crippen molar-refractivity contribution in [3.05, 3.63) is 45.9 Å². The Kier molecular flexibility index (Phi) is 6.56. The van der Waals surface area contributed by atoms with Crippen LogP contribution in [0.2, 0.25) is 5.02 Å². The first-order valence-electron chi connectivity index (χ1n) is 8.40. The van der Waals surface area contributed by atoms with Gasteiger partial charge in [-0.15, -0.1) is 11.3 Å². The highest BCUT2D eigenvalue weighted by Crippen LogP contribution is 2.27. The molecule has 1 saturated heterocycles. The van der Waals surface area contributed by atoms with E-state index in [-0.39, 0.29) is 17.7 Å². The van der Waals surface area contributed by atoms with Gasteiger partial charge in [0.25, 0.3) is 0 Å². The zero-order valence-corrected chi connectivity index (χ0v) is 16.6. The van der Waals surface area contributed by atoms with Crippen molar-refractivity contribution in [2.45, 2.75) is 29.4 Å². The number of carbonyl (C=O) groups is 2. The van der Waals surface area contributed by atoms with E-state index in [1.54, 1.807) is 28.0 Å². The van der Waals surface area contributed by atoms with Crippen LogP contribution in [-0.4, -0.2) is 34.8 Å². The predicted octanol–water partition coefficient (Wildman–Crippen LogP) is 3.36. The number of hydrogen-bond donors (Lipinski definition) is 1. The molecule has 0 atom stereocenters. The Morgan fingerprint density at radius 3 is 2.81 bits per heavy atom. The van der Waals surface area contributed by atoms with Gasteiger partial charge in [0.1, 0.15) is 4.34 Å². The number of hydrogen-bond acceptors (Lipinski definition) is 5. The molecule has 0 bridgehead atoms. The third kappa shape index (κ3) is 5.22. The lowest BCUT2D eigenvalue weighted by Gasteiger charge is -2.30. The van der Waals surface area contributed by atoms with Crippen molar-refractivity contribution in [3.63, 3.8) is 0 Å². The third-order valence-electron chi connectivity index (χ3n) is 4.36. The van der Waals surface area contributed by atoms with E-state index in [2.05, 4.69) is 4.98 Å². The van der Waals surface area contributed by atoms with Crippen molar-refractivity contribution in [3.8, 4) is 0 Å². The van der Waals surface area contributed by atoms with Crippen LogP contribution in [0.1, 0.15) is 24.1 Å². The third-order valence-corrected chi connectivity index (χ3v) is 6.74. The minimum absolute atomic E-state index is 0.0598. The Hall–Kier alpha value is -1.57. The van der Waals surface area contributed by atoms with E-state index in [1.807, 2.05) is 29.6 Å². The van der Waals surface area contributed by atoms with Crippen molar-refractivity contribution < 1.29 is 9.59 Å². The first-order valence-corrected chi connectivity index (χ1v) is 10.6. The molecule has 1 aliphatic heterocycles. The fourth-order valence-electron chi connectivity index (χ4n) is 2.89. The summed E-state index contributed by atoms with van der Waals surface area (Å²) in [6.07, 6.45) is 1.60. The van der Waals surface area contributed by atoms with E-state index >= 15 is 0 Å². The zero-order valence-electron chi connectivity index (χ0n) is 14.2. The normalized spacial score (nSPS) is 15.2. The second kappa shape index (κ2) is 8.88. The number of rotatable bonds is 6. The van der Waals surface area contributed by atoms with Crippen molar-refractivity contribution in [1.29, 1.82) is 0 Å². The largest absolute Gasteiger partial charge is 0.369 e. The van der Waals surface area contributed by atoms with Crippen LogP contribution in [0.3, 0.4) is 0 Å². The highest BCUT2D eigenvalue weighted by atomic mass is 35.5. The molecule has 0 unspecified atom stereocenters. The summed E-state index contributed by atoms with van der Waals surface area (Å²) in [6.45, 7) is 1.18. The highest BCUT2D eigenvalue weighted by Gasteiger charge is 2.26. The van der Waals surface area contributed by atoms with E-state index in [1.165, 1.54) is 0 Å². The SMILES string of the molecule is NC(=O)C1CCN(C(=O)Cc2csc(SCc3cccc(Cl)c3)n2)CC1. The fourth-order valence-corrected chi connectivity index (χ4v) is 4.89. The molecule has 1 aromatic heterocycles. The number of nitrogens with zero attached hydrogens (tertiary/aromatic N) is 2. The van der Waals surface area contributed by atoms with E-state index in [0.29, 0.717) is 32.4 Å². The van der Waals surface area contributed by atoms with Crippen LogP contribution in [0.15, 0.2) is 34.0 Å². The number of aromatic nitrogens is 1. The minimum atomic E-state index is -0.266. The summed E-state index contributed by atoms with van der Waals surface area (Å²) in [5.41, 5.74) is 7.28. The van der Waals surface area contributed by atoms with Crippen LogP contribution in [0.4, 0.5) is 0 Å². The number of halogens is 1. The number of benzene rings is 1. The number of nitrogens with two attached hydrogens (primary N) is 1. The van der Waals surface area contributed by atoms with Crippen LogP contribution in [0, 0.1) is 5.92 Å². The average molecular weight is 410 g/mol. The summed E-state index contributed by atoms with van der Waals surface area (Å²) < 4.78 is 0.945. The average Bonchev–Trinajstić information content (AvgIpc) is 3.07. The monoisotopic (exact) mass is 409 g/mol. The molecule has 1 aliphatic rings. The summed E-state index contributed by atoms with van der Waals surface area (Å²) >= 11 is 9.19. The molecule has 2 amide bonds. The Bertz CT molecular complexity index is 788. The number of thioether (sulfide) groups is 1. The number of primary amides is 1. The highest BCUT2D eigenvalue weighted by molar-refractivity contribution is 8.00. The molecule has 0 saturated carbocycles. The second-order valence-corrected chi connectivity index (χ2v) is 8.77. The first-order chi connectivity index (χ1) is 12.5. The van der Waals surface area contributed by atoms with Crippen LogP contribution in [-0.2, 0) is 21.8 Å². The molecule has 1 fully saturated rings. The van der Waals surface area contributed by atoms with Crippen molar-refractivity contribution in [1.82, 2.24) is 9.88 Å². The molecule has 0 aliphatic carbocycles. The molecule has 0 spiro atoms. The summed E-state index contributed by atoms with van der Waals surface area (Å²) in [7, 11) is 0. The zero-order chi connectivity index (χ0) is 18.5. The van der Waals surface area contributed by atoms with Crippen LogP contribution >= 0.6 is 34.7 Å². The van der Waals surface area contributed by atoms with Gasteiger partial charge >= 0.3 is 0 Å². The van der Waals surface area contributed by atoms with Gasteiger partial charge < -0.3 is 10.6 Å². The first kappa shape index (κ1) is 19.2. The molecular weight excluding hydrogens is 390 g/mol. The molecule has 138 valence electrons. The lowest BCUT2D eigenvalue weighted by molar-refractivity contribution is -0.134. The van der Waals surface area contributed by atoms with Gasteiger partial charge in [0.05, 0.1) is 12.1 Å². The van der Waals surface area contributed by atoms with Gasteiger partial charge in [0.15, 0.2) is 0 Å². The molecule has 26 heavy (non-hydrogen) atoms. The fraction of sp³-hybridized carbons (Fsp3) is 0.389. The molecule has 2 aromatic rings. The molecular formula is C18H20ClN3O2S2. The van der Waals surface area contributed by atoms with Crippen molar-refractivity contribution in [2.75, 3.05) is 13.1 Å². The Morgan fingerprint density at radius 2 is 2.12 bits per heavy atom. The van der Waals surface area contributed by atoms with E-state index in [9.17, 15) is 9.59 Å². The number of likely N-dealkylation sites (tertiary alicyclic amines) is 1. The number of thiazole rings is 1. The van der Waals surface area contributed by atoms with Gasteiger partial charge in [-0.25, -0.2) is 4.98 Å². The Labute approximate surface area is 165 Å². The van der Waals surface area contributed by atoms with Gasteiger partial charge in [-0.1, -0.05) is 35.5 Å². The molecule has 0 radical (unpaired) electrons. The summed E-state index contributed by atoms with van der Waals surface area (Å²) in [5.74, 6) is 0.484. The summed E-state index contributed by atoms with van der Waals surface area (Å²) in [4.78, 5) is 30.0. The topological polar surface area (TPSA) is 76.3 Å². The van der Waals surface area contributed by atoms with Crippen LogP contribution in [0.25, 0.3) is 0 Å². The standard InChI is InChI=1S/C18H20ClN3O2S2/c19-14-3-1-2-12(8-14)10-25-18-21-15(11-26-18)9-16(23)22-6-4-13(5-7-22)17(20)24/h1-3,8,11,13H,4-7,9-10H2,(H2,20,24). The van der Waals surface area contributed by atoms with Gasteiger partial charge in [0.2, 0.25) is 11.8 Å². The lowest BCUT2D eigenvalue weighted by Crippen LogP contribution is -2.42. The molecule has 5 nitrogen and oxygen atoms in total. The van der Waals surface area contributed by atoms with E-state index in [4.69, 9.17) is 17.3 Å². The maximum absolute atomic E-state index is 12.4. The molecule has 2 N–H and O–H groups in total. The quantitative estimate of drug-likeness (QED) is 0.742. The van der Waals surface area contributed by atoms with E-state index in [0.717, 1.165) is 26.4 Å². The molecule has 2 heterocycles. The number of amides is 2. The Morgan fingerprint density at radius 1 is 1.35 bits per heavy atom. The van der Waals surface area contributed by atoms with Gasteiger partial charge in [0, 0.05) is 35.2 Å².